The van der Waals surface area contributed by atoms with Crippen LogP contribution in [0.1, 0.15) is 47.8 Å². The van der Waals surface area contributed by atoms with Crippen LogP contribution in [0.2, 0.25) is 5.02 Å². The van der Waals surface area contributed by atoms with E-state index in [1.54, 1.807) is 0 Å². The second-order valence-corrected chi connectivity index (χ2v) is 6.60. The summed E-state index contributed by atoms with van der Waals surface area (Å²) in [6.45, 7) is 1.83. The molecule has 0 bridgehead atoms. The highest BCUT2D eigenvalue weighted by atomic mass is 35.5. The van der Waals surface area contributed by atoms with E-state index in [1.165, 1.54) is 10.9 Å². The Morgan fingerprint density at radius 3 is 2.87 bits per heavy atom. The molecule has 1 aliphatic rings. The number of hydrogen-bond donors (Lipinski definition) is 1. The van der Waals surface area contributed by atoms with E-state index in [-0.39, 0.29) is 5.56 Å². The van der Waals surface area contributed by atoms with Gasteiger partial charge in [-0.2, -0.15) is 9.50 Å². The van der Waals surface area contributed by atoms with Crippen LogP contribution in [0, 0.1) is 6.92 Å². The van der Waals surface area contributed by atoms with E-state index in [0.29, 0.717) is 29.0 Å². The summed E-state index contributed by atoms with van der Waals surface area (Å²) >= 11 is 6.07. The third-order valence-electron chi connectivity index (χ3n) is 4.49. The van der Waals surface area contributed by atoms with Crippen LogP contribution < -0.4 is 5.56 Å². The van der Waals surface area contributed by atoms with E-state index in [9.17, 15) is 4.79 Å². The van der Waals surface area contributed by atoms with E-state index in [2.05, 4.69) is 15.1 Å². The largest absolute Gasteiger partial charge is 0.277 e. The Kier molecular flexibility index (Phi) is 3.45. The summed E-state index contributed by atoms with van der Waals surface area (Å²) in [6, 6.07) is 7.64. The molecule has 0 amide bonds. The molecule has 23 heavy (non-hydrogen) atoms. The minimum Gasteiger partial charge on any atom is -0.275 e. The maximum absolute atomic E-state index is 12.9. The molecule has 2 heterocycles. The highest BCUT2D eigenvalue weighted by Gasteiger charge is 2.27. The average molecular weight is 329 g/mol. The van der Waals surface area contributed by atoms with Crippen molar-refractivity contribution in [1.29, 1.82) is 0 Å². The standard InChI is InChI=1S/C17H17ClN4O/c1-10-19-17-20-15(12-5-3-6-12)14(16(23)22(17)21-10)9-11-4-2-7-13(18)8-11/h2,4,7-8,12H,3,5-6,9H2,1H3,(H,19,20,21). The van der Waals surface area contributed by atoms with Crippen molar-refractivity contribution in [1.82, 2.24) is 19.6 Å². The molecule has 0 atom stereocenters. The molecule has 4 rings (SSSR count). The topological polar surface area (TPSA) is 63.1 Å². The maximum atomic E-state index is 12.9. The number of nitrogens with zero attached hydrogens (tertiary/aromatic N) is 3. The zero-order chi connectivity index (χ0) is 16.0. The first kappa shape index (κ1) is 14.5. The van der Waals surface area contributed by atoms with Crippen LogP contribution in [0.3, 0.4) is 0 Å². The molecule has 0 radical (unpaired) electrons. The van der Waals surface area contributed by atoms with Crippen LogP contribution in [-0.2, 0) is 6.42 Å². The first-order valence-electron chi connectivity index (χ1n) is 7.84. The van der Waals surface area contributed by atoms with E-state index in [0.717, 1.165) is 29.7 Å². The van der Waals surface area contributed by atoms with Crippen molar-refractivity contribution in [3.63, 3.8) is 0 Å². The van der Waals surface area contributed by atoms with Crippen LogP contribution in [0.25, 0.3) is 5.78 Å². The highest BCUT2D eigenvalue weighted by molar-refractivity contribution is 6.30. The molecule has 0 aliphatic heterocycles. The molecule has 3 aromatic rings. The maximum Gasteiger partial charge on any atom is 0.277 e. The van der Waals surface area contributed by atoms with Crippen molar-refractivity contribution in [2.45, 2.75) is 38.5 Å². The fraction of sp³-hybridized carbons (Fsp3) is 0.353. The number of aromatic nitrogens is 4. The number of nitrogens with one attached hydrogen (secondary N) is 1. The molecule has 1 fully saturated rings. The zero-order valence-electron chi connectivity index (χ0n) is 12.8. The second-order valence-electron chi connectivity index (χ2n) is 6.16. The van der Waals surface area contributed by atoms with Crippen LogP contribution in [0.4, 0.5) is 0 Å². The molecular weight excluding hydrogens is 312 g/mol. The van der Waals surface area contributed by atoms with Gasteiger partial charge in [-0.15, -0.1) is 0 Å². The molecule has 6 heteroatoms. The summed E-state index contributed by atoms with van der Waals surface area (Å²) in [4.78, 5) is 21.9. The van der Waals surface area contributed by atoms with Crippen LogP contribution in [0.15, 0.2) is 29.1 Å². The number of hydrogen-bond acceptors (Lipinski definition) is 3. The van der Waals surface area contributed by atoms with Gasteiger partial charge >= 0.3 is 0 Å². The SMILES string of the molecule is Cc1nc2nc(C3CCC3)c(Cc3cccc(Cl)c3)c(=O)n2[nH]1. The molecule has 1 aliphatic carbocycles. The number of fused-ring (bicyclic) bond motifs is 1. The first-order valence-corrected chi connectivity index (χ1v) is 8.22. The molecule has 0 spiro atoms. The first-order chi connectivity index (χ1) is 11.1. The zero-order valence-corrected chi connectivity index (χ0v) is 13.6. The van der Waals surface area contributed by atoms with Crippen LogP contribution in [-0.4, -0.2) is 19.6 Å². The third kappa shape index (κ3) is 2.55. The van der Waals surface area contributed by atoms with E-state index in [4.69, 9.17) is 11.6 Å². The van der Waals surface area contributed by atoms with Gasteiger partial charge < -0.3 is 0 Å². The minimum atomic E-state index is -0.0579. The van der Waals surface area contributed by atoms with Gasteiger partial charge in [-0.05, 0) is 37.5 Å². The number of rotatable bonds is 3. The highest BCUT2D eigenvalue weighted by Crippen LogP contribution is 2.36. The van der Waals surface area contributed by atoms with Gasteiger partial charge in [0.05, 0.1) is 5.69 Å². The smallest absolute Gasteiger partial charge is 0.275 e. The number of aromatic amines is 1. The van der Waals surface area contributed by atoms with Gasteiger partial charge in [-0.25, -0.2) is 4.98 Å². The Hall–Kier alpha value is -2.14. The Morgan fingerprint density at radius 2 is 2.17 bits per heavy atom. The average Bonchev–Trinajstić information content (AvgIpc) is 2.82. The van der Waals surface area contributed by atoms with Crippen LogP contribution in [0.5, 0.6) is 0 Å². The van der Waals surface area contributed by atoms with Crippen LogP contribution >= 0.6 is 11.6 Å². The van der Waals surface area contributed by atoms with Gasteiger partial charge in [0.25, 0.3) is 11.3 Å². The number of benzene rings is 1. The summed E-state index contributed by atoms with van der Waals surface area (Å²) < 4.78 is 1.44. The van der Waals surface area contributed by atoms with Gasteiger partial charge in [0, 0.05) is 22.9 Å². The van der Waals surface area contributed by atoms with Gasteiger partial charge in [-0.1, -0.05) is 30.2 Å². The molecule has 2 aromatic heterocycles. The molecule has 1 saturated carbocycles. The summed E-state index contributed by atoms with van der Waals surface area (Å²) in [5, 5.41) is 3.65. The predicted molar refractivity (Wildman–Crippen MR) is 89.2 cm³/mol. The van der Waals surface area contributed by atoms with E-state index < -0.39 is 0 Å². The normalized spacial score (nSPS) is 15.0. The lowest BCUT2D eigenvalue weighted by Gasteiger charge is -2.26. The molecule has 1 aromatic carbocycles. The second kappa shape index (κ2) is 5.49. The summed E-state index contributed by atoms with van der Waals surface area (Å²) in [7, 11) is 0. The van der Waals surface area contributed by atoms with Crippen molar-refractivity contribution in [3.05, 3.63) is 62.3 Å². The predicted octanol–water partition coefficient (Wildman–Crippen LogP) is 3.24. The molecule has 0 saturated heterocycles. The van der Waals surface area contributed by atoms with Gasteiger partial charge in [-0.3, -0.25) is 9.89 Å². The van der Waals surface area contributed by atoms with Crippen molar-refractivity contribution in [2.75, 3.05) is 0 Å². The Morgan fingerprint density at radius 1 is 1.35 bits per heavy atom. The molecule has 5 nitrogen and oxygen atoms in total. The molecule has 1 N–H and O–H groups in total. The lowest BCUT2D eigenvalue weighted by molar-refractivity contribution is 0.408. The summed E-state index contributed by atoms with van der Waals surface area (Å²) in [6.07, 6.45) is 3.92. The number of aryl methyl sites for hydroxylation is 1. The van der Waals surface area contributed by atoms with Crippen molar-refractivity contribution < 1.29 is 0 Å². The fourth-order valence-corrected chi connectivity index (χ4v) is 3.32. The number of H-pyrrole nitrogens is 1. The Labute approximate surface area is 138 Å². The van der Waals surface area contributed by atoms with Gasteiger partial charge in [0.2, 0.25) is 0 Å². The van der Waals surface area contributed by atoms with Crippen molar-refractivity contribution in [2.24, 2.45) is 0 Å². The van der Waals surface area contributed by atoms with Gasteiger partial charge in [0.1, 0.15) is 5.82 Å². The fourth-order valence-electron chi connectivity index (χ4n) is 3.11. The molecular formula is C17H17ClN4O. The lowest BCUT2D eigenvalue weighted by Crippen LogP contribution is -2.26. The minimum absolute atomic E-state index is 0.0579. The van der Waals surface area contributed by atoms with Crippen molar-refractivity contribution in [3.8, 4) is 0 Å². The number of halogens is 1. The monoisotopic (exact) mass is 328 g/mol. The molecule has 118 valence electrons. The Bertz CT molecular complexity index is 939. The molecule has 0 unspecified atom stereocenters. The summed E-state index contributed by atoms with van der Waals surface area (Å²) in [5.74, 6) is 1.53. The third-order valence-corrected chi connectivity index (χ3v) is 4.73. The van der Waals surface area contributed by atoms with Gasteiger partial charge in [0.15, 0.2) is 0 Å². The lowest BCUT2D eigenvalue weighted by atomic mass is 9.80. The van der Waals surface area contributed by atoms with E-state index >= 15 is 0 Å². The van der Waals surface area contributed by atoms with Crippen molar-refractivity contribution >= 4 is 17.4 Å². The Balaban J connectivity index is 1.88. The quantitative estimate of drug-likeness (QED) is 0.802. The van der Waals surface area contributed by atoms with E-state index in [1.807, 2.05) is 31.2 Å². The summed E-state index contributed by atoms with van der Waals surface area (Å²) in [5.41, 5.74) is 2.62.